The van der Waals surface area contributed by atoms with Crippen molar-refractivity contribution in [3.63, 3.8) is 0 Å². The summed E-state index contributed by atoms with van der Waals surface area (Å²) >= 11 is 0.966. The number of carbonyl (C=O) groups is 3. The molecule has 21 heavy (non-hydrogen) atoms. The Morgan fingerprint density at radius 2 is 2.14 bits per heavy atom. The Hall–Kier alpha value is -2.33. The van der Waals surface area contributed by atoms with E-state index >= 15 is 0 Å². The number of rotatable bonds is 5. The van der Waals surface area contributed by atoms with Gasteiger partial charge >= 0.3 is 0 Å². The van der Waals surface area contributed by atoms with Gasteiger partial charge in [-0.2, -0.15) is 5.26 Å². The summed E-state index contributed by atoms with van der Waals surface area (Å²) in [7, 11) is 0. The van der Waals surface area contributed by atoms with Crippen LogP contribution in [0.4, 0.5) is 4.79 Å². The van der Waals surface area contributed by atoms with E-state index in [1.165, 1.54) is 0 Å². The van der Waals surface area contributed by atoms with Crippen LogP contribution < -0.4 is 5.32 Å². The third-order valence-electron chi connectivity index (χ3n) is 2.99. The molecular weight excluding hydrogens is 290 g/mol. The molecule has 0 aliphatic carbocycles. The number of hydrogen-bond acceptors (Lipinski definition) is 5. The van der Waals surface area contributed by atoms with E-state index in [0.717, 1.165) is 16.7 Å². The maximum atomic E-state index is 12.1. The van der Waals surface area contributed by atoms with Gasteiger partial charge in [0.25, 0.3) is 11.1 Å². The van der Waals surface area contributed by atoms with Crippen LogP contribution in [-0.2, 0) is 11.2 Å². The molecule has 7 heteroatoms. The van der Waals surface area contributed by atoms with Gasteiger partial charge in [0.1, 0.15) is 0 Å². The first-order valence-corrected chi connectivity index (χ1v) is 7.32. The minimum atomic E-state index is -0.312. The van der Waals surface area contributed by atoms with Crippen LogP contribution in [0.1, 0.15) is 15.9 Å². The normalized spacial score (nSPS) is 14.1. The summed E-state index contributed by atoms with van der Waals surface area (Å²) in [6, 6.07) is 8.87. The van der Waals surface area contributed by atoms with Gasteiger partial charge in [0.2, 0.25) is 5.91 Å². The number of imide groups is 1. The van der Waals surface area contributed by atoms with Crippen molar-refractivity contribution in [2.75, 3.05) is 18.8 Å². The van der Waals surface area contributed by atoms with Gasteiger partial charge in [-0.15, -0.1) is 0 Å². The molecule has 0 atom stereocenters. The van der Waals surface area contributed by atoms with Crippen molar-refractivity contribution >= 4 is 28.8 Å². The van der Waals surface area contributed by atoms with Gasteiger partial charge in [-0.3, -0.25) is 19.3 Å². The number of nitrogens with one attached hydrogen (secondary N) is 1. The van der Waals surface area contributed by atoms with Crippen molar-refractivity contribution in [2.24, 2.45) is 0 Å². The summed E-state index contributed by atoms with van der Waals surface area (Å²) < 4.78 is 0. The van der Waals surface area contributed by atoms with E-state index in [1.807, 2.05) is 6.07 Å². The monoisotopic (exact) mass is 303 g/mol. The molecule has 108 valence electrons. The fourth-order valence-electron chi connectivity index (χ4n) is 1.95. The highest BCUT2D eigenvalue weighted by molar-refractivity contribution is 8.14. The maximum Gasteiger partial charge on any atom is 0.288 e. The summed E-state index contributed by atoms with van der Waals surface area (Å²) in [5, 5.41) is 11.1. The van der Waals surface area contributed by atoms with Crippen molar-refractivity contribution in [3.8, 4) is 6.07 Å². The molecule has 1 fully saturated rings. The molecule has 1 aromatic rings. The van der Waals surface area contributed by atoms with Crippen LogP contribution in [-0.4, -0.2) is 40.8 Å². The van der Waals surface area contributed by atoms with E-state index in [0.29, 0.717) is 11.1 Å². The zero-order valence-electron chi connectivity index (χ0n) is 11.2. The first-order valence-electron chi connectivity index (χ1n) is 6.33. The predicted molar refractivity (Wildman–Crippen MR) is 77.7 cm³/mol. The van der Waals surface area contributed by atoms with Crippen molar-refractivity contribution in [1.82, 2.24) is 10.2 Å². The Labute approximate surface area is 126 Å². The lowest BCUT2D eigenvalue weighted by Crippen LogP contribution is -2.37. The fraction of sp³-hybridized carbons (Fsp3) is 0.286. The van der Waals surface area contributed by atoms with Gasteiger partial charge < -0.3 is 5.32 Å². The first kappa shape index (κ1) is 15.1. The minimum Gasteiger partial charge on any atom is -0.350 e. The molecule has 6 nitrogen and oxygen atoms in total. The van der Waals surface area contributed by atoms with Crippen LogP contribution in [0.5, 0.6) is 0 Å². The van der Waals surface area contributed by atoms with E-state index in [1.54, 1.807) is 24.3 Å². The predicted octanol–water partition coefficient (Wildman–Crippen LogP) is 1.18. The smallest absolute Gasteiger partial charge is 0.288 e. The third-order valence-corrected chi connectivity index (χ3v) is 3.85. The Morgan fingerprint density at radius 3 is 2.81 bits per heavy atom. The van der Waals surface area contributed by atoms with Gasteiger partial charge in [0.15, 0.2) is 0 Å². The molecule has 1 heterocycles. The highest BCUT2D eigenvalue weighted by Crippen LogP contribution is 2.17. The van der Waals surface area contributed by atoms with Crippen LogP contribution in [0.25, 0.3) is 0 Å². The molecule has 0 unspecified atom stereocenters. The second-order valence-corrected chi connectivity index (χ2v) is 5.27. The summed E-state index contributed by atoms with van der Waals surface area (Å²) in [6.07, 6.45) is 0.156. The fourth-order valence-corrected chi connectivity index (χ4v) is 2.71. The zero-order valence-corrected chi connectivity index (χ0v) is 12.0. The molecule has 3 amide bonds. The summed E-state index contributed by atoms with van der Waals surface area (Å²) in [5.74, 6) is -0.380. The van der Waals surface area contributed by atoms with Gasteiger partial charge in [0.05, 0.1) is 18.2 Å². The van der Waals surface area contributed by atoms with Crippen molar-refractivity contribution in [2.45, 2.75) is 6.42 Å². The molecule has 0 aromatic heterocycles. The Balaban J connectivity index is 1.92. The molecular formula is C14H13N3O3S. The number of amides is 3. The van der Waals surface area contributed by atoms with E-state index in [2.05, 4.69) is 5.32 Å². The van der Waals surface area contributed by atoms with Crippen LogP contribution >= 0.6 is 11.8 Å². The van der Waals surface area contributed by atoms with Crippen molar-refractivity contribution < 1.29 is 14.4 Å². The molecule has 1 aromatic carbocycles. The highest BCUT2D eigenvalue weighted by atomic mass is 32.2. The summed E-state index contributed by atoms with van der Waals surface area (Å²) in [6.45, 7) is 0.356. The molecule has 2 rings (SSSR count). The molecule has 0 spiro atoms. The largest absolute Gasteiger partial charge is 0.350 e. The van der Waals surface area contributed by atoms with Crippen molar-refractivity contribution in [1.29, 1.82) is 5.26 Å². The summed E-state index contributed by atoms with van der Waals surface area (Å²) in [4.78, 5) is 36.0. The average Bonchev–Trinajstić information content (AvgIpc) is 2.80. The molecule has 0 radical (unpaired) electrons. The van der Waals surface area contributed by atoms with Crippen LogP contribution in [0, 0.1) is 11.3 Å². The molecule has 1 aliphatic rings. The number of benzene rings is 1. The van der Waals surface area contributed by atoms with Gasteiger partial charge in [-0.05, 0) is 11.6 Å². The number of hydrogen-bond donors (Lipinski definition) is 1. The molecule has 0 bridgehead atoms. The summed E-state index contributed by atoms with van der Waals surface area (Å²) in [5.41, 5.74) is 1.09. The number of nitrogens with zero attached hydrogens (tertiary/aromatic N) is 2. The molecule has 1 N–H and O–H groups in total. The lowest BCUT2D eigenvalue weighted by Gasteiger charge is -2.13. The minimum absolute atomic E-state index is 0.156. The topological polar surface area (TPSA) is 90.3 Å². The van der Waals surface area contributed by atoms with Crippen molar-refractivity contribution in [3.05, 3.63) is 35.4 Å². The van der Waals surface area contributed by atoms with Gasteiger partial charge in [0, 0.05) is 18.7 Å². The Bertz CT molecular complexity index is 608. The maximum absolute atomic E-state index is 12.1. The van der Waals surface area contributed by atoms with Crippen LogP contribution in [0.15, 0.2) is 24.3 Å². The SMILES string of the molecule is N#CCc1ccccc1C(=O)NCCN1C(=O)CSC1=O. The number of carbonyl (C=O) groups excluding carboxylic acids is 3. The average molecular weight is 303 g/mol. The van der Waals surface area contributed by atoms with E-state index < -0.39 is 0 Å². The van der Waals surface area contributed by atoms with Gasteiger partial charge in [-0.25, -0.2) is 0 Å². The molecule has 0 saturated carbocycles. The second-order valence-electron chi connectivity index (χ2n) is 4.35. The zero-order chi connectivity index (χ0) is 15.2. The number of thioether (sulfide) groups is 1. The Kier molecular flexibility index (Phi) is 4.95. The lowest BCUT2D eigenvalue weighted by atomic mass is 10.0. The van der Waals surface area contributed by atoms with E-state index in [4.69, 9.17) is 5.26 Å². The third kappa shape index (κ3) is 3.61. The Morgan fingerprint density at radius 1 is 1.38 bits per heavy atom. The lowest BCUT2D eigenvalue weighted by molar-refractivity contribution is -0.124. The molecule has 1 saturated heterocycles. The van der Waals surface area contributed by atoms with Gasteiger partial charge in [-0.1, -0.05) is 30.0 Å². The first-order chi connectivity index (χ1) is 10.1. The van der Waals surface area contributed by atoms with Crippen LogP contribution in [0.2, 0.25) is 0 Å². The standard InChI is InChI=1S/C14H13N3O3S/c15-6-5-10-3-1-2-4-11(10)13(19)16-7-8-17-12(18)9-21-14(17)20/h1-4H,5,7-9H2,(H,16,19). The molecule has 1 aliphatic heterocycles. The highest BCUT2D eigenvalue weighted by Gasteiger charge is 2.29. The van der Waals surface area contributed by atoms with E-state index in [-0.39, 0.29) is 42.3 Å². The quantitative estimate of drug-likeness (QED) is 0.882. The number of nitriles is 1. The van der Waals surface area contributed by atoms with E-state index in [9.17, 15) is 14.4 Å². The van der Waals surface area contributed by atoms with Crippen LogP contribution in [0.3, 0.4) is 0 Å². The second kappa shape index (κ2) is 6.90.